The second-order valence-corrected chi connectivity index (χ2v) is 5.40. The van der Waals surface area contributed by atoms with Gasteiger partial charge >= 0.3 is 0 Å². The number of carbonyl (C=O) groups excluding carboxylic acids is 2. The van der Waals surface area contributed by atoms with Crippen molar-refractivity contribution in [2.75, 3.05) is 13.2 Å². The van der Waals surface area contributed by atoms with Gasteiger partial charge in [0.1, 0.15) is 5.69 Å². The maximum Gasteiger partial charge on any atom is 0.270 e. The highest BCUT2D eigenvalue weighted by atomic mass is 16.5. The number of nitrogens with one attached hydrogen (secondary N) is 2. The fourth-order valence-corrected chi connectivity index (χ4v) is 2.15. The number of aromatic nitrogens is 1. The summed E-state index contributed by atoms with van der Waals surface area (Å²) in [6.45, 7) is 5.00. The number of hydrogen-bond donors (Lipinski definition) is 2. The lowest BCUT2D eigenvalue weighted by Crippen LogP contribution is -2.33. The van der Waals surface area contributed by atoms with Gasteiger partial charge in [0.25, 0.3) is 11.8 Å². The number of ether oxygens (including phenoxy) is 1. The van der Waals surface area contributed by atoms with Crippen molar-refractivity contribution in [3.05, 3.63) is 29.6 Å². The molecule has 1 saturated heterocycles. The van der Waals surface area contributed by atoms with Gasteiger partial charge in [-0.05, 0) is 38.8 Å². The molecule has 1 aromatic heterocycles. The van der Waals surface area contributed by atoms with Crippen LogP contribution in [0.4, 0.5) is 0 Å². The molecular formula is C15H21N3O3. The molecule has 0 aliphatic carbocycles. The van der Waals surface area contributed by atoms with E-state index in [1.807, 2.05) is 13.8 Å². The Hall–Kier alpha value is -1.95. The van der Waals surface area contributed by atoms with Gasteiger partial charge in [-0.25, -0.2) is 0 Å². The van der Waals surface area contributed by atoms with E-state index in [0.717, 1.165) is 19.4 Å². The maximum atomic E-state index is 12.1. The molecule has 0 spiro atoms. The average Bonchev–Trinajstić information content (AvgIpc) is 2.97. The minimum atomic E-state index is -0.279. The number of nitrogens with zero attached hydrogens (tertiary/aromatic N) is 1. The molecule has 1 fully saturated rings. The summed E-state index contributed by atoms with van der Waals surface area (Å²) in [6.07, 6.45) is 3.57. The van der Waals surface area contributed by atoms with Crippen molar-refractivity contribution in [1.82, 2.24) is 15.6 Å². The Morgan fingerprint density at radius 1 is 1.43 bits per heavy atom. The van der Waals surface area contributed by atoms with Gasteiger partial charge in [-0.2, -0.15) is 0 Å². The molecule has 1 aromatic rings. The molecule has 2 amide bonds. The molecule has 2 N–H and O–H groups in total. The van der Waals surface area contributed by atoms with Crippen LogP contribution in [0.25, 0.3) is 0 Å². The van der Waals surface area contributed by atoms with Gasteiger partial charge in [0.15, 0.2) is 0 Å². The zero-order valence-corrected chi connectivity index (χ0v) is 12.4. The minimum Gasteiger partial charge on any atom is -0.376 e. The van der Waals surface area contributed by atoms with Crippen LogP contribution in [-0.2, 0) is 4.74 Å². The number of pyridine rings is 1. The van der Waals surface area contributed by atoms with E-state index in [2.05, 4.69) is 15.6 Å². The Morgan fingerprint density at radius 3 is 2.90 bits per heavy atom. The monoisotopic (exact) mass is 291 g/mol. The Balaban J connectivity index is 1.95. The largest absolute Gasteiger partial charge is 0.376 e. The molecule has 2 heterocycles. The summed E-state index contributed by atoms with van der Waals surface area (Å²) in [7, 11) is 0. The first-order chi connectivity index (χ1) is 10.1. The van der Waals surface area contributed by atoms with Crippen molar-refractivity contribution in [3.8, 4) is 0 Å². The van der Waals surface area contributed by atoms with E-state index < -0.39 is 0 Å². The van der Waals surface area contributed by atoms with Gasteiger partial charge in [-0.15, -0.1) is 0 Å². The highest BCUT2D eigenvalue weighted by Gasteiger charge is 2.17. The standard InChI is InChI=1S/C15H21N3O3/c1-10(2)18-15(20)13-8-11(5-6-16-13)14(19)17-9-12-4-3-7-21-12/h5-6,8,10,12H,3-4,7,9H2,1-2H3,(H,17,19)(H,18,20). The molecule has 1 aliphatic heterocycles. The molecule has 2 rings (SSSR count). The van der Waals surface area contributed by atoms with Crippen LogP contribution >= 0.6 is 0 Å². The molecule has 114 valence electrons. The molecular weight excluding hydrogens is 270 g/mol. The van der Waals surface area contributed by atoms with Crippen molar-refractivity contribution in [3.63, 3.8) is 0 Å². The number of amides is 2. The van der Waals surface area contributed by atoms with Gasteiger partial charge in [0, 0.05) is 31.0 Å². The van der Waals surface area contributed by atoms with Crippen molar-refractivity contribution >= 4 is 11.8 Å². The van der Waals surface area contributed by atoms with E-state index in [9.17, 15) is 9.59 Å². The van der Waals surface area contributed by atoms with E-state index >= 15 is 0 Å². The highest BCUT2D eigenvalue weighted by molar-refractivity contribution is 5.98. The third-order valence-corrected chi connectivity index (χ3v) is 3.19. The molecule has 0 bridgehead atoms. The molecule has 0 saturated carbocycles. The molecule has 6 nitrogen and oxygen atoms in total. The van der Waals surface area contributed by atoms with Crippen LogP contribution in [0.3, 0.4) is 0 Å². The van der Waals surface area contributed by atoms with E-state index in [4.69, 9.17) is 4.74 Å². The molecule has 1 aliphatic rings. The van der Waals surface area contributed by atoms with Crippen LogP contribution in [0.2, 0.25) is 0 Å². The van der Waals surface area contributed by atoms with Crippen LogP contribution in [-0.4, -0.2) is 42.1 Å². The predicted octanol–water partition coefficient (Wildman–Crippen LogP) is 1.13. The summed E-state index contributed by atoms with van der Waals surface area (Å²) in [6, 6.07) is 3.12. The maximum absolute atomic E-state index is 12.1. The van der Waals surface area contributed by atoms with Crippen molar-refractivity contribution < 1.29 is 14.3 Å². The Kier molecular flexibility index (Phi) is 5.27. The van der Waals surface area contributed by atoms with Crippen LogP contribution in [0.1, 0.15) is 47.5 Å². The van der Waals surface area contributed by atoms with Crippen LogP contribution in [0.15, 0.2) is 18.3 Å². The minimum absolute atomic E-state index is 0.0244. The third-order valence-electron chi connectivity index (χ3n) is 3.19. The lowest BCUT2D eigenvalue weighted by atomic mass is 10.2. The summed E-state index contributed by atoms with van der Waals surface area (Å²) in [5.74, 6) is -0.495. The Labute approximate surface area is 124 Å². The first-order valence-corrected chi connectivity index (χ1v) is 7.23. The summed E-state index contributed by atoms with van der Waals surface area (Å²) >= 11 is 0. The lowest BCUT2D eigenvalue weighted by Gasteiger charge is -2.11. The fourth-order valence-electron chi connectivity index (χ4n) is 2.15. The first kappa shape index (κ1) is 15.4. The highest BCUT2D eigenvalue weighted by Crippen LogP contribution is 2.11. The summed E-state index contributed by atoms with van der Waals surface area (Å²) in [4.78, 5) is 27.9. The second-order valence-electron chi connectivity index (χ2n) is 5.40. The Morgan fingerprint density at radius 2 is 2.24 bits per heavy atom. The average molecular weight is 291 g/mol. The summed E-state index contributed by atoms with van der Waals surface area (Å²) < 4.78 is 5.45. The second kappa shape index (κ2) is 7.17. The van der Waals surface area contributed by atoms with Crippen LogP contribution in [0, 0.1) is 0 Å². The predicted molar refractivity (Wildman–Crippen MR) is 78.1 cm³/mol. The van der Waals surface area contributed by atoms with Crippen molar-refractivity contribution in [1.29, 1.82) is 0 Å². The number of carbonyl (C=O) groups is 2. The van der Waals surface area contributed by atoms with Crippen LogP contribution in [0.5, 0.6) is 0 Å². The SMILES string of the molecule is CC(C)NC(=O)c1cc(C(=O)NCC2CCCO2)ccn1. The van der Waals surface area contributed by atoms with Gasteiger partial charge in [0.2, 0.25) is 0 Å². The lowest BCUT2D eigenvalue weighted by molar-refractivity contribution is 0.0857. The van der Waals surface area contributed by atoms with E-state index in [1.54, 1.807) is 6.07 Å². The summed E-state index contributed by atoms with van der Waals surface area (Å²) in [5, 5.41) is 5.57. The van der Waals surface area contributed by atoms with E-state index in [0.29, 0.717) is 12.1 Å². The van der Waals surface area contributed by atoms with Gasteiger partial charge < -0.3 is 15.4 Å². The van der Waals surface area contributed by atoms with E-state index in [-0.39, 0.29) is 29.7 Å². The summed E-state index contributed by atoms with van der Waals surface area (Å²) in [5.41, 5.74) is 0.672. The van der Waals surface area contributed by atoms with Gasteiger partial charge in [-0.1, -0.05) is 0 Å². The normalized spacial score (nSPS) is 17.8. The third kappa shape index (κ3) is 4.53. The van der Waals surface area contributed by atoms with Crippen molar-refractivity contribution in [2.24, 2.45) is 0 Å². The van der Waals surface area contributed by atoms with Crippen LogP contribution < -0.4 is 10.6 Å². The quantitative estimate of drug-likeness (QED) is 0.852. The first-order valence-electron chi connectivity index (χ1n) is 7.23. The molecule has 6 heteroatoms. The van der Waals surface area contributed by atoms with E-state index in [1.165, 1.54) is 12.3 Å². The smallest absolute Gasteiger partial charge is 0.270 e. The zero-order valence-electron chi connectivity index (χ0n) is 12.4. The van der Waals surface area contributed by atoms with Gasteiger partial charge in [-0.3, -0.25) is 14.6 Å². The van der Waals surface area contributed by atoms with Gasteiger partial charge in [0.05, 0.1) is 6.10 Å². The Bertz CT molecular complexity index is 511. The zero-order chi connectivity index (χ0) is 15.2. The number of rotatable bonds is 5. The molecule has 1 atom stereocenters. The molecule has 0 radical (unpaired) electrons. The molecule has 1 unspecified atom stereocenters. The fraction of sp³-hybridized carbons (Fsp3) is 0.533. The molecule has 21 heavy (non-hydrogen) atoms. The van der Waals surface area contributed by atoms with Crippen molar-refractivity contribution in [2.45, 2.75) is 38.8 Å². The topological polar surface area (TPSA) is 80.3 Å². The number of hydrogen-bond acceptors (Lipinski definition) is 4. The molecule has 0 aromatic carbocycles.